The molecule has 0 aliphatic heterocycles. The van der Waals surface area contributed by atoms with E-state index in [0.717, 1.165) is 5.03 Å². The van der Waals surface area contributed by atoms with Gasteiger partial charge in [-0.2, -0.15) is 0 Å². The van der Waals surface area contributed by atoms with E-state index in [1.54, 1.807) is 30.4 Å². The number of hydrogen-bond donors (Lipinski definition) is 0. The Morgan fingerprint density at radius 1 is 1.27 bits per heavy atom. The van der Waals surface area contributed by atoms with Crippen molar-refractivity contribution in [2.45, 2.75) is 30.5 Å². The zero-order chi connectivity index (χ0) is 8.32. The van der Waals surface area contributed by atoms with Crippen LogP contribution in [0.4, 0.5) is 0 Å². The van der Waals surface area contributed by atoms with Crippen LogP contribution >= 0.6 is 11.8 Å². The molecular weight excluding hydrogens is 156 g/mol. The number of hydrogen-bond acceptors (Lipinski definition) is 3. The minimum absolute atomic E-state index is 0.218. The van der Waals surface area contributed by atoms with Gasteiger partial charge in [-0.25, -0.2) is 4.98 Å². The average Bonchev–Trinajstić information content (AvgIpc) is 1.85. The largest absolute Gasteiger partial charge is 0.260 e. The number of nitrogens with zero attached hydrogens (tertiary/aromatic N) is 2. The third-order valence-electron chi connectivity index (χ3n) is 0.950. The first-order valence-corrected chi connectivity index (χ1v) is 4.34. The van der Waals surface area contributed by atoms with Crippen LogP contribution in [-0.2, 0) is 0 Å². The van der Waals surface area contributed by atoms with Crippen molar-refractivity contribution in [3.05, 3.63) is 18.6 Å². The number of thioether (sulfide) groups is 1. The zero-order valence-electron chi connectivity index (χ0n) is 7.03. The smallest absolute Gasteiger partial charge is 0.115 e. The van der Waals surface area contributed by atoms with Crippen LogP contribution in [0.3, 0.4) is 0 Å². The lowest BCUT2D eigenvalue weighted by atomic mass is 10.3. The Morgan fingerprint density at radius 2 is 2.00 bits per heavy atom. The average molecular weight is 168 g/mol. The Hall–Kier alpha value is -0.570. The molecule has 2 nitrogen and oxygen atoms in total. The lowest BCUT2D eigenvalue weighted by Crippen LogP contribution is -2.07. The molecule has 0 N–H and O–H groups in total. The van der Waals surface area contributed by atoms with Gasteiger partial charge in [-0.15, -0.1) is 0 Å². The van der Waals surface area contributed by atoms with Gasteiger partial charge >= 0.3 is 0 Å². The molecular formula is C8H12N2S. The molecule has 1 aromatic heterocycles. The van der Waals surface area contributed by atoms with Crippen molar-refractivity contribution in [1.82, 2.24) is 9.97 Å². The highest BCUT2D eigenvalue weighted by atomic mass is 32.2. The summed E-state index contributed by atoms with van der Waals surface area (Å²) < 4.78 is 0.218. The van der Waals surface area contributed by atoms with Crippen LogP contribution in [0.2, 0.25) is 0 Å². The van der Waals surface area contributed by atoms with E-state index < -0.39 is 0 Å². The van der Waals surface area contributed by atoms with Gasteiger partial charge in [0.25, 0.3) is 0 Å². The van der Waals surface area contributed by atoms with E-state index in [9.17, 15) is 0 Å². The van der Waals surface area contributed by atoms with E-state index in [1.807, 2.05) is 0 Å². The maximum Gasteiger partial charge on any atom is 0.115 e. The van der Waals surface area contributed by atoms with Gasteiger partial charge in [0.05, 0.1) is 6.20 Å². The minimum atomic E-state index is 0.218. The number of rotatable bonds is 1. The summed E-state index contributed by atoms with van der Waals surface area (Å²) in [6.07, 6.45) is 5.19. The molecule has 0 radical (unpaired) electrons. The van der Waals surface area contributed by atoms with Crippen molar-refractivity contribution in [3.8, 4) is 0 Å². The van der Waals surface area contributed by atoms with Crippen molar-refractivity contribution in [2.75, 3.05) is 0 Å². The molecule has 1 aromatic rings. The second kappa shape index (κ2) is 3.22. The maximum atomic E-state index is 4.16. The summed E-state index contributed by atoms with van der Waals surface area (Å²) in [6, 6.07) is 0. The molecule has 1 rings (SSSR count). The Morgan fingerprint density at radius 3 is 2.45 bits per heavy atom. The zero-order valence-corrected chi connectivity index (χ0v) is 7.85. The Balaban J connectivity index is 2.66. The first kappa shape index (κ1) is 8.53. The van der Waals surface area contributed by atoms with Gasteiger partial charge < -0.3 is 0 Å². The molecule has 0 fully saturated rings. The van der Waals surface area contributed by atoms with Gasteiger partial charge in [0.2, 0.25) is 0 Å². The van der Waals surface area contributed by atoms with E-state index in [1.165, 1.54) is 0 Å². The van der Waals surface area contributed by atoms with E-state index >= 15 is 0 Å². The summed E-state index contributed by atoms with van der Waals surface area (Å²) in [5.74, 6) is 0. The molecule has 0 atom stereocenters. The molecule has 0 aliphatic carbocycles. The molecule has 1 heterocycles. The predicted molar refractivity (Wildman–Crippen MR) is 47.6 cm³/mol. The molecule has 0 saturated heterocycles. The molecule has 3 heteroatoms. The molecule has 0 spiro atoms. The van der Waals surface area contributed by atoms with Crippen molar-refractivity contribution >= 4 is 11.8 Å². The van der Waals surface area contributed by atoms with Crippen molar-refractivity contribution in [3.63, 3.8) is 0 Å². The van der Waals surface area contributed by atoms with Crippen LogP contribution in [0.5, 0.6) is 0 Å². The fraction of sp³-hybridized carbons (Fsp3) is 0.500. The minimum Gasteiger partial charge on any atom is -0.260 e. The van der Waals surface area contributed by atoms with Gasteiger partial charge in [-0.05, 0) is 0 Å². The molecule has 0 bridgehead atoms. The third kappa shape index (κ3) is 3.37. The first-order chi connectivity index (χ1) is 5.08. The van der Waals surface area contributed by atoms with Crippen molar-refractivity contribution in [1.29, 1.82) is 0 Å². The van der Waals surface area contributed by atoms with Gasteiger partial charge in [0.1, 0.15) is 5.03 Å². The lowest BCUT2D eigenvalue weighted by molar-refractivity contribution is 0.798. The van der Waals surface area contributed by atoms with Crippen LogP contribution < -0.4 is 0 Å². The maximum absolute atomic E-state index is 4.16. The van der Waals surface area contributed by atoms with E-state index in [-0.39, 0.29) is 4.75 Å². The van der Waals surface area contributed by atoms with Gasteiger partial charge in [0.15, 0.2) is 0 Å². The summed E-state index contributed by atoms with van der Waals surface area (Å²) in [5.41, 5.74) is 0. The summed E-state index contributed by atoms with van der Waals surface area (Å²) in [5, 5.41) is 0.986. The molecule has 60 valence electrons. The third-order valence-corrected chi connectivity index (χ3v) is 1.98. The monoisotopic (exact) mass is 168 g/mol. The fourth-order valence-electron chi connectivity index (χ4n) is 0.652. The van der Waals surface area contributed by atoms with Crippen molar-refractivity contribution in [2.24, 2.45) is 0 Å². The predicted octanol–water partition coefficient (Wildman–Crippen LogP) is 2.37. The lowest BCUT2D eigenvalue weighted by Gasteiger charge is -2.15. The fourth-order valence-corrected chi connectivity index (χ4v) is 1.51. The Bertz CT molecular complexity index is 215. The highest BCUT2D eigenvalue weighted by molar-refractivity contribution is 8.00. The van der Waals surface area contributed by atoms with Crippen LogP contribution in [-0.4, -0.2) is 14.7 Å². The second-order valence-corrected chi connectivity index (χ2v) is 5.11. The topological polar surface area (TPSA) is 25.8 Å². The SMILES string of the molecule is CC(C)(C)Sc1cnccn1. The molecule has 0 aliphatic rings. The van der Waals surface area contributed by atoms with E-state index in [4.69, 9.17) is 0 Å². The molecule has 11 heavy (non-hydrogen) atoms. The summed E-state index contributed by atoms with van der Waals surface area (Å²) in [7, 11) is 0. The van der Waals surface area contributed by atoms with Gasteiger partial charge in [-0.1, -0.05) is 32.5 Å². The van der Waals surface area contributed by atoms with Crippen LogP contribution in [0, 0.1) is 0 Å². The normalized spacial score (nSPS) is 11.5. The summed E-state index contributed by atoms with van der Waals surface area (Å²) in [6.45, 7) is 6.48. The Kier molecular flexibility index (Phi) is 2.49. The van der Waals surface area contributed by atoms with Crippen molar-refractivity contribution < 1.29 is 0 Å². The summed E-state index contributed by atoms with van der Waals surface area (Å²) >= 11 is 1.73. The standard InChI is InChI=1S/C8H12N2S/c1-8(2,3)11-7-6-9-4-5-10-7/h4-6H,1-3H3. The Labute approximate surface area is 71.5 Å². The first-order valence-electron chi connectivity index (χ1n) is 3.53. The number of aromatic nitrogens is 2. The molecule has 0 amide bonds. The van der Waals surface area contributed by atoms with Crippen LogP contribution in [0.1, 0.15) is 20.8 Å². The van der Waals surface area contributed by atoms with E-state index in [0.29, 0.717) is 0 Å². The second-order valence-electron chi connectivity index (χ2n) is 3.26. The van der Waals surface area contributed by atoms with Crippen LogP contribution in [0.25, 0.3) is 0 Å². The summed E-state index contributed by atoms with van der Waals surface area (Å²) in [4.78, 5) is 8.15. The quantitative estimate of drug-likeness (QED) is 0.602. The van der Waals surface area contributed by atoms with Crippen LogP contribution in [0.15, 0.2) is 23.6 Å². The molecule has 0 unspecified atom stereocenters. The van der Waals surface area contributed by atoms with Gasteiger partial charge in [-0.3, -0.25) is 4.98 Å². The highest BCUT2D eigenvalue weighted by Crippen LogP contribution is 2.29. The van der Waals surface area contributed by atoms with Gasteiger partial charge in [0, 0.05) is 17.1 Å². The molecule has 0 aromatic carbocycles. The molecule has 0 saturated carbocycles. The highest BCUT2D eigenvalue weighted by Gasteiger charge is 2.12. The van der Waals surface area contributed by atoms with E-state index in [2.05, 4.69) is 30.7 Å².